The van der Waals surface area contributed by atoms with Gasteiger partial charge in [0.15, 0.2) is 0 Å². The summed E-state index contributed by atoms with van der Waals surface area (Å²) in [5.74, 6) is 1.03. The van der Waals surface area contributed by atoms with Crippen molar-refractivity contribution in [3.8, 4) is 0 Å². The van der Waals surface area contributed by atoms with E-state index in [0.29, 0.717) is 11.8 Å². The molecule has 102 valence electrons. The highest BCUT2D eigenvalue weighted by Crippen LogP contribution is 2.35. The van der Waals surface area contributed by atoms with Crippen molar-refractivity contribution in [3.63, 3.8) is 0 Å². The Labute approximate surface area is 109 Å². The van der Waals surface area contributed by atoms with Gasteiger partial charge in [-0.1, -0.05) is 0 Å². The van der Waals surface area contributed by atoms with Crippen LogP contribution < -0.4 is 5.32 Å². The first-order valence-corrected chi connectivity index (χ1v) is 7.33. The van der Waals surface area contributed by atoms with Gasteiger partial charge in [-0.05, 0) is 51.6 Å². The lowest BCUT2D eigenvalue weighted by atomic mass is 9.89. The summed E-state index contributed by atoms with van der Waals surface area (Å²) in [7, 11) is 0. The van der Waals surface area contributed by atoms with E-state index in [0.717, 1.165) is 45.4 Å². The van der Waals surface area contributed by atoms with Gasteiger partial charge in [0.05, 0.1) is 11.7 Å². The van der Waals surface area contributed by atoms with E-state index in [-0.39, 0.29) is 11.7 Å². The van der Waals surface area contributed by atoms with Crippen LogP contribution in [-0.2, 0) is 9.53 Å². The van der Waals surface area contributed by atoms with Gasteiger partial charge in [0, 0.05) is 19.5 Å². The van der Waals surface area contributed by atoms with Crippen LogP contribution in [0.1, 0.15) is 39.0 Å². The van der Waals surface area contributed by atoms with Crippen LogP contribution in [0.5, 0.6) is 0 Å². The highest BCUT2D eigenvalue weighted by atomic mass is 16.5. The summed E-state index contributed by atoms with van der Waals surface area (Å²) in [6, 6.07) is 0. The molecule has 0 aromatic rings. The third-order valence-corrected chi connectivity index (χ3v) is 4.44. The second-order valence-corrected chi connectivity index (χ2v) is 6.28. The zero-order valence-electron chi connectivity index (χ0n) is 11.3. The number of nitrogens with one attached hydrogen (secondary N) is 1. The van der Waals surface area contributed by atoms with E-state index in [1.54, 1.807) is 0 Å². The molecule has 1 N–H and O–H groups in total. The molecular weight excluding hydrogens is 228 g/mol. The van der Waals surface area contributed by atoms with Gasteiger partial charge in [-0.3, -0.25) is 4.79 Å². The minimum Gasteiger partial charge on any atom is -0.368 e. The van der Waals surface area contributed by atoms with Gasteiger partial charge >= 0.3 is 0 Å². The third kappa shape index (κ3) is 2.69. The fourth-order valence-electron chi connectivity index (χ4n) is 3.27. The molecule has 0 radical (unpaired) electrons. The normalized spacial score (nSPS) is 31.6. The van der Waals surface area contributed by atoms with Crippen LogP contribution in [0.25, 0.3) is 0 Å². The van der Waals surface area contributed by atoms with Crippen LogP contribution in [0.2, 0.25) is 0 Å². The number of rotatable bonds is 2. The van der Waals surface area contributed by atoms with E-state index in [2.05, 4.69) is 17.1 Å². The van der Waals surface area contributed by atoms with Crippen molar-refractivity contribution in [1.29, 1.82) is 0 Å². The molecule has 3 rings (SSSR count). The number of ether oxygens (including phenoxy) is 1. The molecule has 4 nitrogen and oxygen atoms in total. The molecule has 0 aromatic heterocycles. The molecular formula is C14H24N2O2. The summed E-state index contributed by atoms with van der Waals surface area (Å²) in [6.07, 6.45) is 5.51. The first-order chi connectivity index (χ1) is 8.67. The molecule has 0 bridgehead atoms. The van der Waals surface area contributed by atoms with Gasteiger partial charge in [0.1, 0.15) is 0 Å². The van der Waals surface area contributed by atoms with Gasteiger partial charge in [-0.2, -0.15) is 0 Å². The predicted molar refractivity (Wildman–Crippen MR) is 69.3 cm³/mol. The number of hydrogen-bond donors (Lipinski definition) is 1. The maximum atomic E-state index is 12.3. The molecule has 1 saturated carbocycles. The van der Waals surface area contributed by atoms with Crippen LogP contribution in [0.15, 0.2) is 0 Å². The third-order valence-electron chi connectivity index (χ3n) is 4.44. The van der Waals surface area contributed by atoms with Gasteiger partial charge in [-0.15, -0.1) is 0 Å². The standard InChI is InChI=1S/C14H24N2O2/c1-11-9-16(13(17)8-12-2-3-12)10-14(18-11)4-6-15-7-5-14/h11-12,15H,2-10H2,1H3. The lowest BCUT2D eigenvalue weighted by Gasteiger charge is -2.47. The molecule has 3 aliphatic rings. The largest absolute Gasteiger partial charge is 0.368 e. The van der Waals surface area contributed by atoms with E-state index in [1.165, 1.54) is 12.8 Å². The Balaban J connectivity index is 1.65. The lowest BCUT2D eigenvalue weighted by molar-refractivity contribution is -0.174. The fourth-order valence-corrected chi connectivity index (χ4v) is 3.27. The second kappa shape index (κ2) is 4.82. The highest BCUT2D eigenvalue weighted by molar-refractivity contribution is 5.77. The summed E-state index contributed by atoms with van der Waals surface area (Å²) in [5, 5.41) is 3.37. The average molecular weight is 252 g/mol. The average Bonchev–Trinajstić information content (AvgIpc) is 3.13. The second-order valence-electron chi connectivity index (χ2n) is 6.28. The molecule has 4 heteroatoms. The minimum atomic E-state index is -0.0673. The summed E-state index contributed by atoms with van der Waals surface area (Å²) >= 11 is 0. The van der Waals surface area contributed by atoms with Crippen LogP contribution in [0.3, 0.4) is 0 Å². The number of piperidine rings is 1. The highest BCUT2D eigenvalue weighted by Gasteiger charge is 2.42. The molecule has 1 aliphatic carbocycles. The van der Waals surface area contributed by atoms with Gasteiger partial charge in [-0.25, -0.2) is 0 Å². The Kier molecular flexibility index (Phi) is 3.32. The van der Waals surface area contributed by atoms with E-state index >= 15 is 0 Å². The maximum absolute atomic E-state index is 12.3. The number of nitrogens with zero attached hydrogens (tertiary/aromatic N) is 1. The van der Waals surface area contributed by atoms with Crippen LogP contribution in [0, 0.1) is 5.92 Å². The van der Waals surface area contributed by atoms with E-state index < -0.39 is 0 Å². The number of amides is 1. The fraction of sp³-hybridized carbons (Fsp3) is 0.929. The van der Waals surface area contributed by atoms with Crippen LogP contribution in [-0.4, -0.2) is 48.7 Å². The summed E-state index contributed by atoms with van der Waals surface area (Å²) in [6.45, 7) is 5.71. The van der Waals surface area contributed by atoms with Gasteiger partial charge in [0.2, 0.25) is 5.91 Å². The van der Waals surface area contributed by atoms with Crippen molar-refractivity contribution in [3.05, 3.63) is 0 Å². The minimum absolute atomic E-state index is 0.0673. The number of carbonyl (C=O) groups is 1. The molecule has 18 heavy (non-hydrogen) atoms. The quantitative estimate of drug-likeness (QED) is 0.802. The summed E-state index contributed by atoms with van der Waals surface area (Å²) in [5.41, 5.74) is -0.0673. The zero-order chi connectivity index (χ0) is 12.6. The molecule has 0 aromatic carbocycles. The summed E-state index contributed by atoms with van der Waals surface area (Å²) in [4.78, 5) is 14.3. The van der Waals surface area contributed by atoms with E-state index in [4.69, 9.17) is 4.74 Å². The smallest absolute Gasteiger partial charge is 0.223 e. The van der Waals surface area contributed by atoms with Crippen molar-refractivity contribution < 1.29 is 9.53 Å². The van der Waals surface area contributed by atoms with E-state index in [9.17, 15) is 4.79 Å². The monoisotopic (exact) mass is 252 g/mol. The van der Waals surface area contributed by atoms with Crippen molar-refractivity contribution in [2.75, 3.05) is 26.2 Å². The molecule has 1 spiro atoms. The number of hydrogen-bond acceptors (Lipinski definition) is 3. The van der Waals surface area contributed by atoms with Gasteiger partial charge < -0.3 is 15.0 Å². The van der Waals surface area contributed by atoms with Crippen LogP contribution >= 0.6 is 0 Å². The molecule has 1 amide bonds. The maximum Gasteiger partial charge on any atom is 0.223 e. The summed E-state index contributed by atoms with van der Waals surface area (Å²) < 4.78 is 6.18. The molecule has 2 heterocycles. The Morgan fingerprint density at radius 1 is 1.39 bits per heavy atom. The Morgan fingerprint density at radius 2 is 2.11 bits per heavy atom. The van der Waals surface area contributed by atoms with Crippen molar-refractivity contribution in [2.24, 2.45) is 5.92 Å². The molecule has 2 aliphatic heterocycles. The van der Waals surface area contributed by atoms with Gasteiger partial charge in [0.25, 0.3) is 0 Å². The van der Waals surface area contributed by atoms with E-state index in [1.807, 2.05) is 0 Å². The Morgan fingerprint density at radius 3 is 2.78 bits per heavy atom. The molecule has 1 unspecified atom stereocenters. The van der Waals surface area contributed by atoms with Crippen molar-refractivity contribution in [1.82, 2.24) is 10.2 Å². The Hall–Kier alpha value is -0.610. The molecule has 1 atom stereocenters. The number of carbonyl (C=O) groups excluding carboxylic acids is 1. The van der Waals surface area contributed by atoms with Crippen LogP contribution in [0.4, 0.5) is 0 Å². The van der Waals surface area contributed by atoms with Crippen molar-refractivity contribution in [2.45, 2.75) is 50.7 Å². The predicted octanol–water partition coefficient (Wildman–Crippen LogP) is 1.16. The topological polar surface area (TPSA) is 41.6 Å². The molecule has 3 fully saturated rings. The van der Waals surface area contributed by atoms with Crippen molar-refractivity contribution >= 4 is 5.91 Å². The number of morpholine rings is 1. The first-order valence-electron chi connectivity index (χ1n) is 7.33. The zero-order valence-corrected chi connectivity index (χ0v) is 11.3. The lowest BCUT2D eigenvalue weighted by Crippen LogP contribution is -2.59. The first kappa shape index (κ1) is 12.4. The molecule has 2 saturated heterocycles. The SMILES string of the molecule is CC1CN(C(=O)CC2CC2)CC2(CCNCC2)O1. The Bertz CT molecular complexity index is 322.